The molecule has 13 heteroatoms. The third-order valence-electron chi connectivity index (χ3n) is 11.9. The number of fused-ring (bicyclic) bond motifs is 1. The maximum Gasteiger partial charge on any atom is 0.264 e. The number of anilines is 1. The summed E-state index contributed by atoms with van der Waals surface area (Å²) in [6, 6.07) is 17.3. The lowest BCUT2D eigenvalue weighted by Gasteiger charge is -2.42. The molecule has 3 aromatic rings. The molecule has 4 fully saturated rings. The zero-order chi connectivity index (χ0) is 39.6. The Hall–Kier alpha value is -5.69. The summed E-state index contributed by atoms with van der Waals surface area (Å²) in [7, 11) is 0. The number of likely N-dealkylation sites (tertiary alicyclic amines) is 2. The highest BCUT2D eigenvalue weighted by Gasteiger charge is 2.46. The van der Waals surface area contributed by atoms with Crippen LogP contribution in [0, 0.1) is 24.3 Å². The highest BCUT2D eigenvalue weighted by Crippen LogP contribution is 2.36. The molecule has 0 aromatic heterocycles. The normalized spacial score (nSPS) is 22.1. The lowest BCUT2D eigenvalue weighted by atomic mass is 9.93. The third-order valence-corrected chi connectivity index (χ3v) is 12.2. The van der Waals surface area contributed by atoms with E-state index in [2.05, 4.69) is 31.8 Å². The number of carbonyl (C=O) groups is 5. The van der Waals surface area contributed by atoms with Crippen molar-refractivity contribution in [2.24, 2.45) is 5.92 Å². The number of hydrogen-bond acceptors (Lipinski definition) is 8. The topological polar surface area (TPSA) is 124 Å². The third kappa shape index (κ3) is 7.98. The molecule has 2 unspecified atom stereocenters. The molecule has 0 radical (unpaired) electrons. The quantitative estimate of drug-likeness (QED) is 0.192. The zero-order valence-electron chi connectivity index (χ0n) is 31.5. The minimum Gasteiger partial charge on any atom is -0.489 e. The number of rotatable bonds is 6. The van der Waals surface area contributed by atoms with Gasteiger partial charge < -0.3 is 19.4 Å². The average molecular weight is 787 g/mol. The summed E-state index contributed by atoms with van der Waals surface area (Å²) in [5, 5.41) is 2.61. The van der Waals surface area contributed by atoms with E-state index in [-0.39, 0.29) is 24.9 Å². The molecule has 3 aromatic carbocycles. The Morgan fingerprint density at radius 3 is 2.37 bits per heavy atom. The van der Waals surface area contributed by atoms with E-state index in [9.17, 15) is 24.0 Å². The van der Waals surface area contributed by atoms with Gasteiger partial charge in [-0.15, -0.1) is 0 Å². The van der Waals surface area contributed by atoms with E-state index in [4.69, 9.17) is 22.9 Å². The van der Waals surface area contributed by atoms with Gasteiger partial charge >= 0.3 is 0 Å². The number of amides is 5. The van der Waals surface area contributed by atoms with E-state index in [1.807, 2.05) is 35.2 Å². The van der Waals surface area contributed by atoms with Crippen molar-refractivity contribution in [3.05, 3.63) is 99.4 Å². The van der Waals surface area contributed by atoms with Crippen LogP contribution in [0.3, 0.4) is 0 Å². The second-order valence-corrected chi connectivity index (χ2v) is 15.8. The molecule has 0 bridgehead atoms. The summed E-state index contributed by atoms with van der Waals surface area (Å²) in [4.78, 5) is 75.6. The largest absolute Gasteiger partial charge is 0.489 e. The molecule has 0 aliphatic carbocycles. The van der Waals surface area contributed by atoms with Crippen LogP contribution in [0.25, 0.3) is 4.85 Å². The summed E-state index contributed by atoms with van der Waals surface area (Å²) >= 11 is 6.18. The fourth-order valence-corrected chi connectivity index (χ4v) is 8.98. The standard InChI is InChI=1S/C44H43ClN6O6/c1-46-36-14-13-32(26-35(36)45)57-33-4-3-21-50(27-33)42(54)30-11-9-28(10-12-30)7-8-29-17-22-48(23-18-29)31-19-24-49(25-20-31)37-6-2-5-34-40(37)44(56)51(43(34)55)38-15-16-39(52)47-41(38)53/h2,5-6,9-14,26,29,31,33,38H,3-4,15-25,27H2,(H,47,52,53). The number of nitrogens with one attached hydrogen (secondary N) is 1. The number of piperidine rings is 4. The number of benzene rings is 3. The summed E-state index contributed by atoms with van der Waals surface area (Å²) in [6.45, 7) is 11.8. The molecule has 292 valence electrons. The van der Waals surface area contributed by atoms with Gasteiger partial charge in [-0.3, -0.25) is 34.2 Å². The number of carbonyl (C=O) groups excluding carboxylic acids is 5. The van der Waals surface area contributed by atoms with Gasteiger partial charge in [-0.1, -0.05) is 35.6 Å². The van der Waals surface area contributed by atoms with Crippen molar-refractivity contribution in [2.75, 3.05) is 44.2 Å². The van der Waals surface area contributed by atoms with Crippen LogP contribution >= 0.6 is 11.6 Å². The summed E-state index contributed by atoms with van der Waals surface area (Å²) in [6.07, 6.45) is 5.56. The van der Waals surface area contributed by atoms with Crippen LogP contribution < -0.4 is 15.0 Å². The Balaban J connectivity index is 0.805. The van der Waals surface area contributed by atoms with Crippen molar-refractivity contribution in [1.29, 1.82) is 0 Å². The number of hydrogen-bond donors (Lipinski definition) is 1. The first kappa shape index (κ1) is 38.2. The molecule has 5 amide bonds. The van der Waals surface area contributed by atoms with Gasteiger partial charge in [0.25, 0.3) is 17.7 Å². The van der Waals surface area contributed by atoms with Crippen LogP contribution in [-0.2, 0) is 9.59 Å². The molecule has 12 nitrogen and oxygen atoms in total. The van der Waals surface area contributed by atoms with Crippen LogP contribution in [0.1, 0.15) is 88.0 Å². The van der Waals surface area contributed by atoms with Gasteiger partial charge in [-0.25, -0.2) is 4.85 Å². The molecule has 8 rings (SSSR count). The molecule has 4 saturated heterocycles. The van der Waals surface area contributed by atoms with Crippen molar-refractivity contribution in [3.8, 4) is 17.6 Å². The summed E-state index contributed by atoms with van der Waals surface area (Å²) < 4.78 is 6.12. The lowest BCUT2D eigenvalue weighted by Crippen LogP contribution is -2.54. The second kappa shape index (κ2) is 16.4. The molecule has 1 N–H and O–H groups in total. The van der Waals surface area contributed by atoms with Crippen molar-refractivity contribution in [2.45, 2.75) is 69.6 Å². The molecule has 2 atom stereocenters. The maximum absolute atomic E-state index is 13.6. The molecule has 0 spiro atoms. The monoisotopic (exact) mass is 786 g/mol. The number of ether oxygens (including phenoxy) is 1. The zero-order valence-corrected chi connectivity index (χ0v) is 32.3. The van der Waals surface area contributed by atoms with Crippen LogP contribution in [-0.4, -0.2) is 102 Å². The Bertz CT molecular complexity index is 2210. The second-order valence-electron chi connectivity index (χ2n) is 15.4. The fourth-order valence-electron chi connectivity index (χ4n) is 8.77. The van der Waals surface area contributed by atoms with E-state index in [0.29, 0.717) is 58.2 Å². The Morgan fingerprint density at radius 1 is 0.877 bits per heavy atom. The van der Waals surface area contributed by atoms with Crippen molar-refractivity contribution in [1.82, 2.24) is 20.0 Å². The highest BCUT2D eigenvalue weighted by atomic mass is 35.5. The molecule has 0 saturated carbocycles. The van der Waals surface area contributed by atoms with E-state index in [1.165, 1.54) is 0 Å². The van der Waals surface area contributed by atoms with Gasteiger partial charge in [0.15, 0.2) is 0 Å². The number of nitrogens with zero attached hydrogens (tertiary/aromatic N) is 5. The summed E-state index contributed by atoms with van der Waals surface area (Å²) in [5.41, 5.74) is 3.27. The first-order valence-corrected chi connectivity index (χ1v) is 20.1. The van der Waals surface area contributed by atoms with Crippen molar-refractivity contribution in [3.63, 3.8) is 0 Å². The van der Waals surface area contributed by atoms with E-state index in [0.717, 1.165) is 80.9 Å². The van der Waals surface area contributed by atoms with Crippen LogP contribution in [0.15, 0.2) is 60.7 Å². The molecule has 57 heavy (non-hydrogen) atoms. The van der Waals surface area contributed by atoms with Gasteiger partial charge in [-0.2, -0.15) is 0 Å². The van der Waals surface area contributed by atoms with Gasteiger partial charge in [0, 0.05) is 49.1 Å². The smallest absolute Gasteiger partial charge is 0.264 e. The van der Waals surface area contributed by atoms with Crippen LogP contribution in [0.4, 0.5) is 11.4 Å². The van der Waals surface area contributed by atoms with Crippen LogP contribution in [0.2, 0.25) is 5.02 Å². The van der Waals surface area contributed by atoms with E-state index < -0.39 is 29.7 Å². The first-order valence-electron chi connectivity index (χ1n) is 19.7. The molecule has 5 heterocycles. The van der Waals surface area contributed by atoms with Gasteiger partial charge in [0.1, 0.15) is 17.9 Å². The van der Waals surface area contributed by atoms with Crippen molar-refractivity contribution >= 4 is 52.5 Å². The number of imide groups is 2. The van der Waals surface area contributed by atoms with E-state index in [1.54, 1.807) is 30.3 Å². The van der Waals surface area contributed by atoms with Gasteiger partial charge in [0.05, 0.1) is 35.0 Å². The maximum atomic E-state index is 13.6. The average Bonchev–Trinajstić information content (AvgIpc) is 3.49. The number of halogens is 1. The Kier molecular flexibility index (Phi) is 11.0. The lowest BCUT2D eigenvalue weighted by molar-refractivity contribution is -0.136. The predicted octanol–water partition coefficient (Wildman–Crippen LogP) is 5.71. The molecule has 5 aliphatic rings. The minimum atomic E-state index is -0.983. The highest BCUT2D eigenvalue weighted by molar-refractivity contribution is 6.33. The first-order chi connectivity index (χ1) is 27.7. The molecular weight excluding hydrogens is 744 g/mol. The van der Waals surface area contributed by atoms with Crippen molar-refractivity contribution < 1.29 is 28.7 Å². The van der Waals surface area contributed by atoms with Gasteiger partial charge in [-0.05, 0) is 107 Å². The Labute approximate surface area is 336 Å². The molecular formula is C44H43ClN6O6. The molecule has 5 aliphatic heterocycles. The SMILES string of the molecule is [C-]#[N+]c1ccc(OC2CCCN(C(=O)c3ccc(C#CC4CCN(C5CCN(c6cccc7c6C(=O)N(C6CCC(=O)NC6=O)C7=O)CC5)CC4)cc3)C2)cc1Cl. The predicted molar refractivity (Wildman–Crippen MR) is 213 cm³/mol. The van der Waals surface area contributed by atoms with Gasteiger partial charge in [0.2, 0.25) is 17.5 Å². The van der Waals surface area contributed by atoms with E-state index >= 15 is 0 Å². The summed E-state index contributed by atoms with van der Waals surface area (Å²) in [5.74, 6) is 5.72. The fraction of sp³-hybridized carbons (Fsp3) is 0.409. The Morgan fingerprint density at radius 2 is 1.65 bits per heavy atom. The van der Waals surface area contributed by atoms with Crippen LogP contribution in [0.5, 0.6) is 5.75 Å². The minimum absolute atomic E-state index is 0.0323.